The van der Waals surface area contributed by atoms with Crippen molar-refractivity contribution in [3.63, 3.8) is 0 Å². The Morgan fingerprint density at radius 2 is 2.17 bits per heavy atom. The summed E-state index contributed by atoms with van der Waals surface area (Å²) in [6.07, 6.45) is 6.44. The highest BCUT2D eigenvalue weighted by molar-refractivity contribution is 5.84. The highest BCUT2D eigenvalue weighted by atomic mass is 16.1. The van der Waals surface area contributed by atoms with Gasteiger partial charge in [0, 0.05) is 11.5 Å². The first-order chi connectivity index (χ1) is 8.61. The van der Waals surface area contributed by atoms with Crippen LogP contribution in [0.2, 0.25) is 0 Å². The van der Waals surface area contributed by atoms with Crippen LogP contribution in [0.25, 0.3) is 10.4 Å². The van der Waals surface area contributed by atoms with E-state index in [9.17, 15) is 4.79 Å². The Balaban J connectivity index is 2.50. The minimum atomic E-state index is -0.628. The smallest absolute Gasteiger partial charge is 0.237 e. The van der Waals surface area contributed by atoms with E-state index in [1.54, 1.807) is 0 Å². The van der Waals surface area contributed by atoms with Crippen molar-refractivity contribution in [2.24, 2.45) is 16.8 Å². The summed E-state index contributed by atoms with van der Waals surface area (Å²) in [5.74, 6) is 0.0430. The van der Waals surface area contributed by atoms with Gasteiger partial charge < -0.3 is 11.1 Å². The number of azide groups is 1. The molecule has 0 aromatic carbocycles. The average molecular weight is 253 g/mol. The highest BCUT2D eigenvalue weighted by Crippen LogP contribution is 2.32. The first kappa shape index (κ1) is 14.8. The van der Waals surface area contributed by atoms with E-state index >= 15 is 0 Å². The van der Waals surface area contributed by atoms with Crippen LogP contribution >= 0.6 is 0 Å². The van der Waals surface area contributed by atoms with Crippen molar-refractivity contribution in [2.75, 3.05) is 13.1 Å². The van der Waals surface area contributed by atoms with Gasteiger partial charge in [-0.3, -0.25) is 4.79 Å². The Bertz CT molecular complexity index is 320. The van der Waals surface area contributed by atoms with E-state index in [1.807, 2.05) is 6.92 Å². The number of nitrogens with two attached hydrogens (primary N) is 1. The molecule has 0 aromatic heterocycles. The summed E-state index contributed by atoms with van der Waals surface area (Å²) in [4.78, 5) is 14.4. The van der Waals surface area contributed by atoms with Crippen LogP contribution in [0.5, 0.6) is 0 Å². The summed E-state index contributed by atoms with van der Waals surface area (Å²) >= 11 is 0. The molecule has 1 aliphatic rings. The summed E-state index contributed by atoms with van der Waals surface area (Å²) < 4.78 is 0. The molecular formula is C12H23N5O. The van der Waals surface area contributed by atoms with Crippen molar-refractivity contribution < 1.29 is 4.79 Å². The lowest BCUT2D eigenvalue weighted by Crippen LogP contribution is -2.58. The summed E-state index contributed by atoms with van der Waals surface area (Å²) in [5, 5.41) is 6.74. The molecule has 0 saturated heterocycles. The number of nitrogens with one attached hydrogen (secondary N) is 1. The number of hydrogen-bond acceptors (Lipinski definition) is 3. The fraction of sp³-hybridized carbons (Fsp3) is 0.917. The van der Waals surface area contributed by atoms with Gasteiger partial charge in [-0.1, -0.05) is 24.4 Å². The monoisotopic (exact) mass is 253 g/mol. The van der Waals surface area contributed by atoms with Crippen molar-refractivity contribution in [1.82, 2.24) is 5.32 Å². The molecule has 1 amide bonds. The van der Waals surface area contributed by atoms with E-state index in [0.29, 0.717) is 19.0 Å². The van der Waals surface area contributed by atoms with Crippen molar-refractivity contribution in [2.45, 2.75) is 51.0 Å². The van der Waals surface area contributed by atoms with Gasteiger partial charge in [0.25, 0.3) is 0 Å². The quantitative estimate of drug-likeness (QED) is 0.314. The Kier molecular flexibility index (Phi) is 5.95. The van der Waals surface area contributed by atoms with Gasteiger partial charge in [0.15, 0.2) is 0 Å². The fourth-order valence-corrected chi connectivity index (χ4v) is 2.66. The zero-order chi connectivity index (χ0) is 13.4. The first-order valence-corrected chi connectivity index (χ1v) is 6.67. The summed E-state index contributed by atoms with van der Waals surface area (Å²) in [5.41, 5.74) is 13.1. The van der Waals surface area contributed by atoms with Crippen LogP contribution in [0.1, 0.15) is 45.4 Å². The van der Waals surface area contributed by atoms with E-state index in [-0.39, 0.29) is 5.91 Å². The molecule has 0 bridgehead atoms. The largest absolute Gasteiger partial charge is 0.368 e. The van der Waals surface area contributed by atoms with E-state index < -0.39 is 5.54 Å². The molecule has 1 unspecified atom stereocenters. The molecule has 0 aromatic rings. The van der Waals surface area contributed by atoms with Crippen LogP contribution in [0, 0.1) is 5.92 Å². The summed E-state index contributed by atoms with van der Waals surface area (Å²) in [6, 6.07) is 0. The maximum atomic E-state index is 11.7. The van der Waals surface area contributed by atoms with Gasteiger partial charge in [-0.15, -0.1) is 0 Å². The molecule has 1 saturated carbocycles. The molecule has 0 aliphatic heterocycles. The normalized spacial score (nSPS) is 19.8. The molecule has 0 spiro atoms. The fourth-order valence-electron chi connectivity index (χ4n) is 2.66. The third kappa shape index (κ3) is 3.89. The lowest BCUT2D eigenvalue weighted by molar-refractivity contribution is -0.126. The van der Waals surface area contributed by atoms with Crippen LogP contribution < -0.4 is 11.1 Å². The molecule has 6 nitrogen and oxygen atoms in total. The molecule has 1 atom stereocenters. The van der Waals surface area contributed by atoms with Crippen molar-refractivity contribution >= 4 is 5.91 Å². The average Bonchev–Trinajstić information content (AvgIpc) is 2.39. The van der Waals surface area contributed by atoms with Crippen LogP contribution in [-0.2, 0) is 4.79 Å². The van der Waals surface area contributed by atoms with Crippen LogP contribution in [-0.4, -0.2) is 24.5 Å². The number of nitrogens with zero attached hydrogens (tertiary/aromatic N) is 3. The van der Waals surface area contributed by atoms with Crippen molar-refractivity contribution in [3.8, 4) is 0 Å². The van der Waals surface area contributed by atoms with Gasteiger partial charge in [0.05, 0.1) is 5.54 Å². The lowest BCUT2D eigenvalue weighted by atomic mass is 9.75. The van der Waals surface area contributed by atoms with E-state index in [0.717, 1.165) is 19.3 Å². The molecule has 6 heteroatoms. The Hall–Kier alpha value is -1.26. The van der Waals surface area contributed by atoms with E-state index in [4.69, 9.17) is 11.3 Å². The minimum Gasteiger partial charge on any atom is -0.368 e. The number of carbonyl (C=O) groups is 1. The summed E-state index contributed by atoms with van der Waals surface area (Å²) in [6.45, 7) is 3.00. The van der Waals surface area contributed by atoms with Crippen molar-refractivity contribution in [1.29, 1.82) is 0 Å². The molecule has 18 heavy (non-hydrogen) atoms. The van der Waals surface area contributed by atoms with Crippen molar-refractivity contribution in [3.05, 3.63) is 10.4 Å². The molecule has 102 valence electrons. The Labute approximate surface area is 108 Å². The SMILES string of the molecule is CC(NCCCN=[N+]=[N-])(C(N)=O)C1CCCCC1. The molecule has 1 fully saturated rings. The Morgan fingerprint density at radius 3 is 2.72 bits per heavy atom. The molecule has 1 aliphatic carbocycles. The zero-order valence-corrected chi connectivity index (χ0v) is 11.1. The topological polar surface area (TPSA) is 104 Å². The summed E-state index contributed by atoms with van der Waals surface area (Å²) in [7, 11) is 0. The van der Waals surface area contributed by atoms with Gasteiger partial charge in [-0.05, 0) is 44.2 Å². The van der Waals surface area contributed by atoms with Gasteiger partial charge in [0.1, 0.15) is 0 Å². The predicted molar refractivity (Wildman–Crippen MR) is 70.8 cm³/mol. The molecule has 0 heterocycles. The zero-order valence-electron chi connectivity index (χ0n) is 11.1. The van der Waals surface area contributed by atoms with Gasteiger partial charge in [0.2, 0.25) is 5.91 Å². The molecular weight excluding hydrogens is 230 g/mol. The standard InChI is InChI=1S/C12H23N5O/c1-12(11(13)18,10-6-3-2-4-7-10)15-8-5-9-16-17-14/h10,15H,2-9H2,1H3,(H2,13,18). The third-order valence-electron chi connectivity index (χ3n) is 3.92. The predicted octanol–water partition coefficient (Wildman–Crippen LogP) is 2.10. The number of hydrogen-bond donors (Lipinski definition) is 2. The third-order valence-corrected chi connectivity index (χ3v) is 3.92. The second kappa shape index (κ2) is 7.24. The Morgan fingerprint density at radius 1 is 1.50 bits per heavy atom. The maximum Gasteiger partial charge on any atom is 0.237 e. The molecule has 0 radical (unpaired) electrons. The number of carbonyl (C=O) groups excluding carboxylic acids is 1. The second-order valence-electron chi connectivity index (χ2n) is 5.14. The van der Waals surface area contributed by atoms with Gasteiger partial charge in [-0.25, -0.2) is 0 Å². The van der Waals surface area contributed by atoms with Crippen LogP contribution in [0.4, 0.5) is 0 Å². The first-order valence-electron chi connectivity index (χ1n) is 6.67. The van der Waals surface area contributed by atoms with E-state index in [2.05, 4.69) is 15.3 Å². The van der Waals surface area contributed by atoms with Gasteiger partial charge >= 0.3 is 0 Å². The van der Waals surface area contributed by atoms with E-state index in [1.165, 1.54) is 19.3 Å². The highest BCUT2D eigenvalue weighted by Gasteiger charge is 2.39. The van der Waals surface area contributed by atoms with Crippen LogP contribution in [0.15, 0.2) is 5.11 Å². The lowest BCUT2D eigenvalue weighted by Gasteiger charge is -2.38. The maximum absolute atomic E-state index is 11.7. The minimum absolute atomic E-state index is 0.279. The van der Waals surface area contributed by atoms with Crippen LogP contribution in [0.3, 0.4) is 0 Å². The number of rotatable bonds is 7. The van der Waals surface area contributed by atoms with Gasteiger partial charge in [-0.2, -0.15) is 0 Å². The number of amides is 1. The second-order valence-corrected chi connectivity index (χ2v) is 5.14. The molecule has 1 rings (SSSR count). The molecule has 3 N–H and O–H groups in total. The number of primary amides is 1.